The van der Waals surface area contributed by atoms with Crippen LogP contribution in [0, 0.1) is 0 Å². The number of carbonyl (C=O) groups excluding carboxylic acids is 3. The molecule has 1 heterocycles. The Morgan fingerprint density at radius 1 is 0.914 bits per heavy atom. The van der Waals surface area contributed by atoms with Gasteiger partial charge in [0, 0.05) is 15.6 Å². The summed E-state index contributed by atoms with van der Waals surface area (Å²) in [6, 6.07) is 17.7. The molecule has 0 bridgehead atoms. The Morgan fingerprint density at radius 2 is 1.71 bits per heavy atom. The lowest BCUT2D eigenvalue weighted by Crippen LogP contribution is -2.54. The normalized spacial score (nSPS) is 14.8. The molecule has 0 atom stereocenters. The molecular weight excluding hydrogens is 491 g/mol. The number of halogens is 2. The first kappa shape index (κ1) is 24.3. The smallest absolute Gasteiger partial charge is 0.335 e. The fraction of sp³-hybridized carbons (Fsp3) is 0.115. The van der Waals surface area contributed by atoms with E-state index in [1.54, 1.807) is 42.5 Å². The highest BCUT2D eigenvalue weighted by Crippen LogP contribution is 2.32. The number of benzene rings is 3. The van der Waals surface area contributed by atoms with Gasteiger partial charge in [-0.1, -0.05) is 53.5 Å². The van der Waals surface area contributed by atoms with Crippen molar-refractivity contribution in [2.45, 2.75) is 13.5 Å². The van der Waals surface area contributed by atoms with Crippen LogP contribution in [0.3, 0.4) is 0 Å². The molecular formula is C26H20Cl2N2O5. The second-order valence-electron chi connectivity index (χ2n) is 7.46. The summed E-state index contributed by atoms with van der Waals surface area (Å²) in [6.07, 6.45) is 1.39. The van der Waals surface area contributed by atoms with Crippen LogP contribution in [0.25, 0.3) is 6.08 Å². The summed E-state index contributed by atoms with van der Waals surface area (Å²) in [7, 11) is 0. The topological polar surface area (TPSA) is 84.9 Å². The third kappa shape index (κ3) is 5.48. The highest BCUT2D eigenvalue weighted by atomic mass is 35.5. The Balaban J connectivity index is 1.62. The lowest BCUT2D eigenvalue weighted by Gasteiger charge is -2.26. The quantitative estimate of drug-likeness (QED) is 0.328. The Kier molecular flexibility index (Phi) is 7.39. The maximum absolute atomic E-state index is 13.1. The average molecular weight is 511 g/mol. The van der Waals surface area contributed by atoms with Crippen LogP contribution >= 0.6 is 23.2 Å². The predicted octanol–water partition coefficient (Wildman–Crippen LogP) is 5.64. The largest absolute Gasteiger partial charge is 0.490 e. The fourth-order valence-corrected chi connectivity index (χ4v) is 3.82. The molecule has 0 aliphatic carbocycles. The number of rotatable bonds is 7. The van der Waals surface area contributed by atoms with Gasteiger partial charge in [-0.25, -0.2) is 9.69 Å². The van der Waals surface area contributed by atoms with E-state index in [4.69, 9.17) is 32.7 Å². The van der Waals surface area contributed by atoms with Crippen molar-refractivity contribution in [2.75, 3.05) is 11.5 Å². The standard InChI is InChI=1S/C26H20Cl2N2O5/c1-2-34-23-13-16(10-11-22(23)35-15-17-6-3-4-9-21(17)28)12-20-24(31)29-26(33)30(25(20)32)19-8-5-7-18(27)14-19/h3-14H,2,15H2,1H3,(H,29,31,33)/b20-12+. The first-order valence-electron chi connectivity index (χ1n) is 10.7. The summed E-state index contributed by atoms with van der Waals surface area (Å²) in [4.78, 5) is 38.8. The minimum Gasteiger partial charge on any atom is -0.490 e. The van der Waals surface area contributed by atoms with E-state index >= 15 is 0 Å². The summed E-state index contributed by atoms with van der Waals surface area (Å²) in [5.41, 5.74) is 1.36. The molecule has 1 aliphatic rings. The van der Waals surface area contributed by atoms with E-state index in [-0.39, 0.29) is 17.9 Å². The Labute approximate surface area is 211 Å². The maximum atomic E-state index is 13.1. The van der Waals surface area contributed by atoms with Crippen LogP contribution in [0.5, 0.6) is 11.5 Å². The number of anilines is 1. The zero-order chi connectivity index (χ0) is 24.9. The van der Waals surface area contributed by atoms with E-state index in [0.29, 0.717) is 33.7 Å². The SMILES string of the molecule is CCOc1cc(/C=C2\C(=O)NC(=O)N(c3cccc(Cl)c3)C2=O)ccc1OCc1ccccc1Cl. The van der Waals surface area contributed by atoms with Gasteiger partial charge in [0.2, 0.25) is 0 Å². The van der Waals surface area contributed by atoms with Crippen molar-refractivity contribution < 1.29 is 23.9 Å². The summed E-state index contributed by atoms with van der Waals surface area (Å²) in [5, 5.41) is 3.13. The molecule has 7 nitrogen and oxygen atoms in total. The minimum absolute atomic E-state index is 0.211. The molecule has 178 valence electrons. The summed E-state index contributed by atoms with van der Waals surface area (Å²) < 4.78 is 11.6. The lowest BCUT2D eigenvalue weighted by molar-refractivity contribution is -0.122. The van der Waals surface area contributed by atoms with Gasteiger partial charge in [-0.15, -0.1) is 0 Å². The molecule has 3 aromatic rings. The Bertz CT molecular complexity index is 1340. The molecule has 1 saturated heterocycles. The molecule has 0 unspecified atom stereocenters. The van der Waals surface area contributed by atoms with Gasteiger partial charge in [-0.3, -0.25) is 14.9 Å². The first-order chi connectivity index (χ1) is 16.9. The highest BCUT2D eigenvalue weighted by Gasteiger charge is 2.36. The lowest BCUT2D eigenvalue weighted by atomic mass is 10.1. The number of imide groups is 2. The molecule has 1 fully saturated rings. The summed E-state index contributed by atoms with van der Waals surface area (Å²) >= 11 is 12.2. The number of ether oxygens (including phenoxy) is 2. The molecule has 35 heavy (non-hydrogen) atoms. The van der Waals surface area contributed by atoms with Gasteiger partial charge in [-0.05, 0) is 55.0 Å². The third-order valence-corrected chi connectivity index (χ3v) is 5.69. The van der Waals surface area contributed by atoms with Crippen LogP contribution in [0.2, 0.25) is 10.0 Å². The molecule has 0 radical (unpaired) electrons. The van der Waals surface area contributed by atoms with Crippen molar-refractivity contribution in [3.8, 4) is 11.5 Å². The number of carbonyl (C=O) groups is 3. The molecule has 1 N–H and O–H groups in total. The molecule has 1 aliphatic heterocycles. The van der Waals surface area contributed by atoms with E-state index in [1.165, 1.54) is 12.1 Å². The third-order valence-electron chi connectivity index (χ3n) is 5.09. The van der Waals surface area contributed by atoms with Gasteiger partial charge >= 0.3 is 6.03 Å². The molecule has 0 saturated carbocycles. The average Bonchev–Trinajstić information content (AvgIpc) is 2.82. The number of barbiturate groups is 1. The molecule has 4 amide bonds. The van der Waals surface area contributed by atoms with E-state index in [0.717, 1.165) is 10.5 Å². The van der Waals surface area contributed by atoms with Crippen LogP contribution in [0.1, 0.15) is 18.1 Å². The number of nitrogens with one attached hydrogen (secondary N) is 1. The second kappa shape index (κ2) is 10.6. The Hall–Kier alpha value is -3.81. The van der Waals surface area contributed by atoms with Crippen LogP contribution in [0.4, 0.5) is 10.5 Å². The molecule has 9 heteroatoms. The van der Waals surface area contributed by atoms with Gasteiger partial charge in [0.1, 0.15) is 12.2 Å². The van der Waals surface area contributed by atoms with E-state index < -0.39 is 17.8 Å². The van der Waals surface area contributed by atoms with E-state index in [9.17, 15) is 14.4 Å². The van der Waals surface area contributed by atoms with Gasteiger partial charge in [0.15, 0.2) is 11.5 Å². The number of hydrogen-bond donors (Lipinski definition) is 1. The van der Waals surface area contributed by atoms with Gasteiger partial charge in [-0.2, -0.15) is 0 Å². The maximum Gasteiger partial charge on any atom is 0.335 e. The minimum atomic E-state index is -0.849. The molecule has 4 rings (SSSR count). The van der Waals surface area contributed by atoms with Crippen LogP contribution in [-0.2, 0) is 16.2 Å². The van der Waals surface area contributed by atoms with Gasteiger partial charge in [0.05, 0.1) is 12.3 Å². The molecule has 0 aromatic heterocycles. The number of urea groups is 1. The van der Waals surface area contributed by atoms with Gasteiger partial charge < -0.3 is 9.47 Å². The highest BCUT2D eigenvalue weighted by molar-refractivity contribution is 6.39. The second-order valence-corrected chi connectivity index (χ2v) is 8.30. The zero-order valence-electron chi connectivity index (χ0n) is 18.6. The van der Waals surface area contributed by atoms with Crippen LogP contribution < -0.4 is 19.7 Å². The van der Waals surface area contributed by atoms with Crippen molar-refractivity contribution in [3.05, 3.63) is 93.5 Å². The van der Waals surface area contributed by atoms with Crippen LogP contribution in [0.15, 0.2) is 72.3 Å². The Morgan fingerprint density at radius 3 is 2.46 bits per heavy atom. The van der Waals surface area contributed by atoms with Crippen molar-refractivity contribution in [1.29, 1.82) is 0 Å². The van der Waals surface area contributed by atoms with E-state index in [1.807, 2.05) is 25.1 Å². The monoisotopic (exact) mass is 510 g/mol. The summed E-state index contributed by atoms with van der Waals surface area (Å²) in [6.45, 7) is 2.44. The number of hydrogen-bond acceptors (Lipinski definition) is 5. The predicted molar refractivity (Wildman–Crippen MR) is 134 cm³/mol. The fourth-order valence-electron chi connectivity index (χ4n) is 3.45. The van der Waals surface area contributed by atoms with Crippen molar-refractivity contribution in [2.24, 2.45) is 0 Å². The number of amides is 4. The molecule has 0 spiro atoms. The van der Waals surface area contributed by atoms with E-state index in [2.05, 4.69) is 5.32 Å². The molecule has 3 aromatic carbocycles. The van der Waals surface area contributed by atoms with Gasteiger partial charge in [0.25, 0.3) is 11.8 Å². The van der Waals surface area contributed by atoms with Crippen molar-refractivity contribution in [3.63, 3.8) is 0 Å². The van der Waals surface area contributed by atoms with Crippen molar-refractivity contribution >= 4 is 52.8 Å². The zero-order valence-corrected chi connectivity index (χ0v) is 20.1. The first-order valence-corrected chi connectivity index (χ1v) is 11.4. The number of nitrogens with zero attached hydrogens (tertiary/aromatic N) is 1. The van der Waals surface area contributed by atoms with Crippen LogP contribution in [-0.4, -0.2) is 24.5 Å². The van der Waals surface area contributed by atoms with Crippen molar-refractivity contribution in [1.82, 2.24) is 5.32 Å². The summed E-state index contributed by atoms with van der Waals surface area (Å²) in [5.74, 6) is -0.655.